The zero-order valence-electron chi connectivity index (χ0n) is 15.7. The number of nitrogens with zero attached hydrogens (tertiary/aromatic N) is 4. The molecule has 0 unspecified atom stereocenters. The van der Waals surface area contributed by atoms with Gasteiger partial charge in [0.15, 0.2) is 5.13 Å². The summed E-state index contributed by atoms with van der Waals surface area (Å²) in [5.41, 5.74) is 2.22. The van der Waals surface area contributed by atoms with Gasteiger partial charge in [0.25, 0.3) is 5.91 Å². The van der Waals surface area contributed by atoms with Crippen LogP contribution in [0.4, 0.5) is 5.13 Å². The summed E-state index contributed by atoms with van der Waals surface area (Å²) < 4.78 is 4.09. The number of hydrogen-bond donors (Lipinski definition) is 0. The van der Waals surface area contributed by atoms with Gasteiger partial charge in [0.2, 0.25) is 0 Å². The van der Waals surface area contributed by atoms with E-state index in [2.05, 4.69) is 40.0 Å². The molecule has 3 heterocycles. The molecule has 152 valence electrons. The maximum atomic E-state index is 13.2. The predicted octanol–water partition coefficient (Wildman–Crippen LogP) is 6.04. The number of halogens is 2. The number of fused-ring (bicyclic) bond motifs is 1. The fourth-order valence-corrected chi connectivity index (χ4v) is 5.36. The van der Waals surface area contributed by atoms with Crippen molar-refractivity contribution in [2.75, 3.05) is 11.4 Å². The van der Waals surface area contributed by atoms with Gasteiger partial charge in [-0.2, -0.15) is 0 Å². The Labute approximate surface area is 191 Å². The van der Waals surface area contributed by atoms with Gasteiger partial charge in [-0.05, 0) is 58.6 Å². The fourth-order valence-electron chi connectivity index (χ4n) is 2.97. The number of benzene rings is 1. The highest BCUT2D eigenvalue weighted by molar-refractivity contribution is 9.11. The largest absolute Gasteiger partial charge is 0.337 e. The number of carbonyl (C=O) groups is 1. The summed E-state index contributed by atoms with van der Waals surface area (Å²) in [7, 11) is 0. The summed E-state index contributed by atoms with van der Waals surface area (Å²) in [6, 6.07) is 10.1. The maximum absolute atomic E-state index is 13.2. The molecule has 0 atom stereocenters. The smallest absolute Gasteiger partial charge is 0.270 e. The van der Waals surface area contributed by atoms with Crippen LogP contribution in [0, 0.1) is 0 Å². The lowest BCUT2D eigenvalue weighted by molar-refractivity contribution is 0.0990. The van der Waals surface area contributed by atoms with E-state index in [1.165, 1.54) is 16.9 Å². The Hall–Kier alpha value is -1.74. The third-order valence-electron chi connectivity index (χ3n) is 4.47. The quantitative estimate of drug-likeness (QED) is 0.304. The Balaban J connectivity index is 0.00000240. The topological polar surface area (TPSA) is 51.0 Å². The number of thiazole rings is 1. The van der Waals surface area contributed by atoms with Crippen LogP contribution in [-0.2, 0) is 13.0 Å². The molecule has 0 fully saturated rings. The summed E-state index contributed by atoms with van der Waals surface area (Å²) in [5, 5.41) is 0.753. The van der Waals surface area contributed by atoms with Crippen molar-refractivity contribution in [1.82, 2.24) is 14.5 Å². The van der Waals surface area contributed by atoms with Crippen LogP contribution in [-0.4, -0.2) is 27.0 Å². The Bertz CT molecular complexity index is 1090. The zero-order valence-corrected chi connectivity index (χ0v) is 19.8. The third kappa shape index (κ3) is 5.06. The van der Waals surface area contributed by atoms with Crippen LogP contribution in [0.1, 0.15) is 28.6 Å². The normalized spacial score (nSPS) is 10.8. The van der Waals surface area contributed by atoms with Crippen molar-refractivity contribution in [3.05, 3.63) is 63.3 Å². The van der Waals surface area contributed by atoms with E-state index < -0.39 is 0 Å². The van der Waals surface area contributed by atoms with Gasteiger partial charge in [-0.15, -0.1) is 23.7 Å². The maximum Gasteiger partial charge on any atom is 0.270 e. The first-order valence-electron chi connectivity index (χ1n) is 9.06. The molecule has 4 rings (SSSR count). The lowest BCUT2D eigenvalue weighted by Crippen LogP contribution is -2.31. The Morgan fingerprint density at radius 1 is 1.24 bits per heavy atom. The van der Waals surface area contributed by atoms with E-state index in [1.807, 2.05) is 33.9 Å². The van der Waals surface area contributed by atoms with Crippen LogP contribution in [0.2, 0.25) is 0 Å². The standard InChI is InChI=1S/C20H19BrN4OS2.ClH/c1-2-14-4-5-15-17(12-14)28-20(23-15)25(10-3-9-24-11-8-22-13-24)19(26)16-6-7-18(21)27-16;/h4-8,11-13H,2-3,9-10H2,1H3;1H. The number of imidazole rings is 1. The lowest BCUT2D eigenvalue weighted by atomic mass is 10.2. The first-order valence-corrected chi connectivity index (χ1v) is 11.5. The van der Waals surface area contributed by atoms with Crippen molar-refractivity contribution in [3.8, 4) is 0 Å². The molecule has 3 aromatic heterocycles. The van der Waals surface area contributed by atoms with Crippen molar-refractivity contribution in [2.24, 2.45) is 0 Å². The van der Waals surface area contributed by atoms with Crippen LogP contribution >= 0.6 is 51.0 Å². The Morgan fingerprint density at radius 2 is 2.10 bits per heavy atom. The zero-order chi connectivity index (χ0) is 19.5. The molecule has 4 aromatic rings. The molecule has 0 radical (unpaired) electrons. The summed E-state index contributed by atoms with van der Waals surface area (Å²) >= 11 is 6.48. The number of rotatable bonds is 7. The van der Waals surface area contributed by atoms with Gasteiger partial charge in [0.1, 0.15) is 0 Å². The number of aryl methyl sites for hydroxylation is 2. The van der Waals surface area contributed by atoms with E-state index in [9.17, 15) is 4.79 Å². The van der Waals surface area contributed by atoms with Gasteiger partial charge in [0.05, 0.1) is 25.2 Å². The van der Waals surface area contributed by atoms with E-state index in [4.69, 9.17) is 4.98 Å². The van der Waals surface area contributed by atoms with Crippen LogP contribution in [0.3, 0.4) is 0 Å². The monoisotopic (exact) mass is 510 g/mol. The summed E-state index contributed by atoms with van der Waals surface area (Å²) in [4.78, 5) is 24.6. The Morgan fingerprint density at radius 3 is 2.79 bits per heavy atom. The fraction of sp³-hybridized carbons (Fsp3) is 0.250. The average molecular weight is 512 g/mol. The molecule has 0 saturated carbocycles. The van der Waals surface area contributed by atoms with Crippen molar-refractivity contribution in [1.29, 1.82) is 0 Å². The highest BCUT2D eigenvalue weighted by Gasteiger charge is 2.22. The van der Waals surface area contributed by atoms with Gasteiger partial charge in [-0.3, -0.25) is 9.69 Å². The molecular formula is C20H20BrClN4OS2. The van der Waals surface area contributed by atoms with E-state index >= 15 is 0 Å². The van der Waals surface area contributed by atoms with Gasteiger partial charge in [-0.25, -0.2) is 9.97 Å². The molecule has 0 aliphatic rings. The van der Waals surface area contributed by atoms with Crippen molar-refractivity contribution < 1.29 is 4.79 Å². The first-order chi connectivity index (χ1) is 13.6. The van der Waals surface area contributed by atoms with Gasteiger partial charge >= 0.3 is 0 Å². The highest BCUT2D eigenvalue weighted by atomic mass is 79.9. The number of aromatic nitrogens is 3. The van der Waals surface area contributed by atoms with Gasteiger partial charge in [0, 0.05) is 25.5 Å². The van der Waals surface area contributed by atoms with Crippen LogP contribution in [0.5, 0.6) is 0 Å². The highest BCUT2D eigenvalue weighted by Crippen LogP contribution is 2.32. The van der Waals surface area contributed by atoms with E-state index in [0.29, 0.717) is 11.4 Å². The molecule has 1 aromatic carbocycles. The molecule has 9 heteroatoms. The van der Waals surface area contributed by atoms with Crippen LogP contribution in [0.25, 0.3) is 10.2 Å². The van der Waals surface area contributed by atoms with E-state index in [0.717, 1.165) is 38.5 Å². The summed E-state index contributed by atoms with van der Waals surface area (Å²) in [6.45, 7) is 3.56. The molecule has 5 nitrogen and oxygen atoms in total. The number of hydrogen-bond acceptors (Lipinski definition) is 5. The van der Waals surface area contributed by atoms with Gasteiger partial charge < -0.3 is 4.57 Å². The number of carbonyl (C=O) groups excluding carboxylic acids is 1. The second-order valence-corrected chi connectivity index (χ2v) is 9.84. The van der Waals surface area contributed by atoms with E-state index in [-0.39, 0.29) is 18.3 Å². The SMILES string of the molecule is CCc1ccc2nc(N(CCCn3ccnc3)C(=O)c3ccc(Br)s3)sc2c1.Cl. The molecule has 29 heavy (non-hydrogen) atoms. The Kier molecular flexibility index (Phi) is 7.45. The van der Waals surface area contributed by atoms with Crippen LogP contribution < -0.4 is 4.90 Å². The predicted molar refractivity (Wildman–Crippen MR) is 127 cm³/mol. The minimum atomic E-state index is -0.00361. The molecule has 1 amide bonds. The molecule has 0 aliphatic heterocycles. The van der Waals surface area contributed by atoms with Crippen molar-refractivity contribution in [2.45, 2.75) is 26.3 Å². The molecular weight excluding hydrogens is 492 g/mol. The number of anilines is 1. The number of amides is 1. The molecule has 0 bridgehead atoms. The summed E-state index contributed by atoms with van der Waals surface area (Å²) in [5.74, 6) is -0.00361. The average Bonchev–Trinajstić information content (AvgIpc) is 3.44. The van der Waals surface area contributed by atoms with Gasteiger partial charge in [-0.1, -0.05) is 24.3 Å². The number of thiophene rings is 1. The third-order valence-corrected chi connectivity index (χ3v) is 7.12. The van der Waals surface area contributed by atoms with E-state index in [1.54, 1.807) is 23.9 Å². The van der Waals surface area contributed by atoms with Crippen molar-refractivity contribution in [3.63, 3.8) is 0 Å². The molecule has 0 aliphatic carbocycles. The van der Waals surface area contributed by atoms with Crippen molar-refractivity contribution >= 4 is 72.3 Å². The second kappa shape index (κ2) is 9.84. The molecule has 0 saturated heterocycles. The first kappa shape index (κ1) is 22.0. The summed E-state index contributed by atoms with van der Waals surface area (Å²) in [6.07, 6.45) is 7.31. The minimum Gasteiger partial charge on any atom is -0.337 e. The molecule has 0 N–H and O–H groups in total. The molecule has 0 spiro atoms. The lowest BCUT2D eigenvalue weighted by Gasteiger charge is -2.19. The minimum absolute atomic E-state index is 0. The second-order valence-electron chi connectivity index (χ2n) is 6.37. The van der Waals surface area contributed by atoms with Crippen LogP contribution in [0.15, 0.2) is 52.8 Å².